The van der Waals surface area contributed by atoms with Crippen LogP contribution in [-0.2, 0) is 26.3 Å². The summed E-state index contributed by atoms with van der Waals surface area (Å²) in [5.74, 6) is 0.182. The van der Waals surface area contributed by atoms with Gasteiger partial charge in [-0.2, -0.15) is 0 Å². The lowest BCUT2D eigenvalue weighted by Gasteiger charge is -2.21. The van der Waals surface area contributed by atoms with Crippen molar-refractivity contribution in [3.63, 3.8) is 0 Å². The van der Waals surface area contributed by atoms with E-state index in [1.54, 1.807) is 0 Å². The van der Waals surface area contributed by atoms with Gasteiger partial charge in [0.25, 0.3) is 0 Å². The maximum Gasteiger partial charge on any atom is 0.179 e. The molecule has 0 saturated carbocycles. The van der Waals surface area contributed by atoms with Gasteiger partial charge >= 0.3 is 0 Å². The number of rotatable bonds is 10. The van der Waals surface area contributed by atoms with Crippen LogP contribution in [0.5, 0.6) is 0 Å². The van der Waals surface area contributed by atoms with Crippen molar-refractivity contribution in [1.29, 1.82) is 0 Å². The van der Waals surface area contributed by atoms with Crippen LogP contribution in [0, 0.1) is 0 Å². The number of aliphatic hydroxyl groups excluding tert-OH is 1. The van der Waals surface area contributed by atoms with Gasteiger partial charge in [-0.1, -0.05) is 31.2 Å². The van der Waals surface area contributed by atoms with E-state index in [2.05, 4.69) is 31.2 Å². The molecule has 0 saturated heterocycles. The predicted octanol–water partition coefficient (Wildman–Crippen LogP) is 3.44. The van der Waals surface area contributed by atoms with Crippen molar-refractivity contribution in [1.82, 2.24) is 4.57 Å². The van der Waals surface area contributed by atoms with E-state index in [1.165, 1.54) is 11.1 Å². The first-order chi connectivity index (χ1) is 12.4. The average molecular weight is 357 g/mol. The SMILES string of the molecule is CCc1ccc(CCCC(=O)c2ccc(CCC(C)(N)CO)n2C)cc1. The van der Waals surface area contributed by atoms with Crippen molar-refractivity contribution in [2.24, 2.45) is 12.8 Å². The molecule has 0 aliphatic rings. The lowest BCUT2D eigenvalue weighted by atomic mass is 9.97. The fourth-order valence-corrected chi connectivity index (χ4v) is 3.10. The zero-order valence-corrected chi connectivity index (χ0v) is 16.3. The molecule has 1 atom stereocenters. The summed E-state index contributed by atoms with van der Waals surface area (Å²) >= 11 is 0. The number of ketones is 1. The molecule has 4 nitrogen and oxygen atoms in total. The highest BCUT2D eigenvalue weighted by Crippen LogP contribution is 2.16. The normalized spacial score (nSPS) is 13.6. The molecule has 4 heteroatoms. The van der Waals surface area contributed by atoms with E-state index < -0.39 is 5.54 Å². The second-order valence-electron chi connectivity index (χ2n) is 7.53. The number of hydrogen-bond acceptors (Lipinski definition) is 3. The highest BCUT2D eigenvalue weighted by atomic mass is 16.3. The van der Waals surface area contributed by atoms with E-state index in [0.717, 1.165) is 37.1 Å². The molecule has 26 heavy (non-hydrogen) atoms. The molecule has 3 N–H and O–H groups in total. The van der Waals surface area contributed by atoms with Crippen LogP contribution < -0.4 is 5.73 Å². The fourth-order valence-electron chi connectivity index (χ4n) is 3.10. The van der Waals surface area contributed by atoms with Crippen LogP contribution in [0.15, 0.2) is 36.4 Å². The summed E-state index contributed by atoms with van der Waals surface area (Å²) in [6, 6.07) is 12.5. The summed E-state index contributed by atoms with van der Waals surface area (Å²) in [6.45, 7) is 3.96. The molecule has 2 aromatic rings. The number of nitrogens with zero attached hydrogens (tertiary/aromatic N) is 1. The minimum absolute atomic E-state index is 0.0392. The van der Waals surface area contributed by atoms with Gasteiger partial charge in [0, 0.05) is 24.7 Å². The van der Waals surface area contributed by atoms with Crippen molar-refractivity contribution in [2.75, 3.05) is 6.61 Å². The highest BCUT2D eigenvalue weighted by molar-refractivity contribution is 5.94. The number of benzene rings is 1. The number of aromatic nitrogens is 1. The monoisotopic (exact) mass is 356 g/mol. The molecule has 142 valence electrons. The van der Waals surface area contributed by atoms with E-state index >= 15 is 0 Å². The Balaban J connectivity index is 1.87. The molecule has 1 aromatic heterocycles. The lowest BCUT2D eigenvalue weighted by molar-refractivity contribution is 0.0972. The molecule has 1 unspecified atom stereocenters. The maximum atomic E-state index is 12.5. The number of nitrogens with two attached hydrogens (primary N) is 1. The molecular formula is C22H32N2O2. The van der Waals surface area contributed by atoms with Crippen molar-refractivity contribution in [3.05, 3.63) is 58.9 Å². The van der Waals surface area contributed by atoms with Gasteiger partial charge < -0.3 is 15.4 Å². The first-order valence-electron chi connectivity index (χ1n) is 9.51. The Labute approximate surface area is 157 Å². The summed E-state index contributed by atoms with van der Waals surface area (Å²) in [5.41, 5.74) is 9.87. The standard InChI is InChI=1S/C22H32N2O2/c1-4-17-8-10-18(11-9-17)6-5-7-21(26)20-13-12-19(24(20)3)14-15-22(2,23)16-25/h8-13,25H,4-7,14-16,23H2,1-3H3. The smallest absolute Gasteiger partial charge is 0.179 e. The predicted molar refractivity (Wildman–Crippen MR) is 107 cm³/mol. The highest BCUT2D eigenvalue weighted by Gasteiger charge is 2.19. The van der Waals surface area contributed by atoms with Crippen LogP contribution >= 0.6 is 0 Å². The number of carbonyl (C=O) groups excluding carboxylic acids is 1. The Morgan fingerprint density at radius 1 is 1.12 bits per heavy atom. The van der Waals surface area contributed by atoms with Gasteiger partial charge in [0.15, 0.2) is 5.78 Å². The van der Waals surface area contributed by atoms with E-state index in [0.29, 0.717) is 12.8 Å². The molecule has 2 rings (SSSR count). The summed E-state index contributed by atoms with van der Waals surface area (Å²) in [4.78, 5) is 12.5. The van der Waals surface area contributed by atoms with Gasteiger partial charge in [0.2, 0.25) is 0 Å². The minimum atomic E-state index is -0.582. The quantitative estimate of drug-likeness (QED) is 0.641. The van der Waals surface area contributed by atoms with Crippen LogP contribution in [0.2, 0.25) is 0 Å². The average Bonchev–Trinajstić information content (AvgIpc) is 3.01. The summed E-state index contributed by atoms with van der Waals surface area (Å²) in [5, 5.41) is 9.27. The van der Waals surface area contributed by atoms with Crippen molar-refractivity contribution < 1.29 is 9.90 Å². The van der Waals surface area contributed by atoms with Gasteiger partial charge in [-0.05, 0) is 62.3 Å². The second kappa shape index (κ2) is 9.15. The van der Waals surface area contributed by atoms with Crippen molar-refractivity contribution in [3.8, 4) is 0 Å². The number of hydrogen-bond donors (Lipinski definition) is 2. The van der Waals surface area contributed by atoms with E-state index in [4.69, 9.17) is 5.73 Å². The van der Waals surface area contributed by atoms with Crippen molar-refractivity contribution in [2.45, 2.75) is 57.9 Å². The fraction of sp³-hybridized carbons (Fsp3) is 0.500. The molecule has 0 bridgehead atoms. The number of Topliss-reactive ketones (excluding diaryl/α,β-unsaturated/α-hetero) is 1. The van der Waals surface area contributed by atoms with E-state index in [-0.39, 0.29) is 12.4 Å². The molecular weight excluding hydrogens is 324 g/mol. The third-order valence-corrected chi connectivity index (χ3v) is 5.13. The zero-order chi connectivity index (χ0) is 19.2. The molecule has 0 fully saturated rings. The van der Waals surface area contributed by atoms with Crippen LogP contribution in [-0.4, -0.2) is 27.6 Å². The van der Waals surface area contributed by atoms with Crippen molar-refractivity contribution >= 4 is 5.78 Å². The van der Waals surface area contributed by atoms with Gasteiger partial charge in [-0.15, -0.1) is 0 Å². The Morgan fingerprint density at radius 3 is 2.38 bits per heavy atom. The molecule has 0 radical (unpaired) electrons. The topological polar surface area (TPSA) is 68.2 Å². The molecule has 0 amide bonds. The molecule has 1 heterocycles. The Kier molecular flexibility index (Phi) is 7.18. The van der Waals surface area contributed by atoms with Crippen LogP contribution in [0.25, 0.3) is 0 Å². The van der Waals surface area contributed by atoms with Gasteiger partial charge in [0.1, 0.15) is 0 Å². The summed E-state index contributed by atoms with van der Waals surface area (Å²) in [7, 11) is 1.93. The Bertz CT molecular complexity index is 714. The van der Waals surface area contributed by atoms with Crippen LogP contribution in [0.4, 0.5) is 0 Å². The minimum Gasteiger partial charge on any atom is -0.394 e. The van der Waals surface area contributed by atoms with Gasteiger partial charge in [0.05, 0.1) is 12.3 Å². The number of carbonyl (C=O) groups is 1. The maximum absolute atomic E-state index is 12.5. The van der Waals surface area contributed by atoms with Gasteiger partial charge in [-0.25, -0.2) is 0 Å². The summed E-state index contributed by atoms with van der Waals surface area (Å²) < 4.78 is 1.96. The van der Waals surface area contributed by atoms with Crippen LogP contribution in [0.1, 0.15) is 60.4 Å². The Hall–Kier alpha value is -1.91. The third-order valence-electron chi connectivity index (χ3n) is 5.13. The lowest BCUT2D eigenvalue weighted by Crippen LogP contribution is -2.40. The van der Waals surface area contributed by atoms with E-state index in [1.807, 2.05) is 30.7 Å². The molecule has 0 aliphatic heterocycles. The van der Waals surface area contributed by atoms with E-state index in [9.17, 15) is 9.90 Å². The largest absolute Gasteiger partial charge is 0.394 e. The summed E-state index contributed by atoms with van der Waals surface area (Å²) in [6.07, 6.45) is 4.82. The number of aliphatic hydroxyl groups is 1. The Morgan fingerprint density at radius 2 is 1.77 bits per heavy atom. The first-order valence-corrected chi connectivity index (χ1v) is 9.51. The molecule has 1 aromatic carbocycles. The second-order valence-corrected chi connectivity index (χ2v) is 7.53. The van der Waals surface area contributed by atoms with Gasteiger partial charge in [-0.3, -0.25) is 4.79 Å². The molecule has 0 aliphatic carbocycles. The number of aryl methyl sites for hydroxylation is 3. The molecule has 0 spiro atoms. The first kappa shape index (κ1) is 20.4. The van der Waals surface area contributed by atoms with Crippen LogP contribution in [0.3, 0.4) is 0 Å². The third kappa shape index (κ3) is 5.55. The zero-order valence-electron chi connectivity index (χ0n) is 16.3.